The normalized spacial score (nSPS) is 12.1. The minimum Gasteiger partial charge on any atom is -0.494 e. The molecular weight excluding hydrogens is 454 g/mol. The number of nitrogens with two attached hydrogens (primary N) is 1. The molecule has 1 aromatic heterocycles. The summed E-state index contributed by atoms with van der Waals surface area (Å²) in [6, 6.07) is 7.74. The molecule has 0 radical (unpaired) electrons. The fraction of sp³-hybridized carbons (Fsp3) is 0.294. The summed E-state index contributed by atoms with van der Waals surface area (Å²) in [6.45, 7) is 2.20. The van der Waals surface area contributed by atoms with Gasteiger partial charge in [-0.05, 0) is 36.8 Å². The van der Waals surface area contributed by atoms with Crippen LogP contribution in [-0.4, -0.2) is 26.0 Å². The molecule has 7 nitrogen and oxygen atoms in total. The first kappa shape index (κ1) is 21.7. The van der Waals surface area contributed by atoms with Gasteiger partial charge in [0.1, 0.15) is 5.76 Å². The van der Waals surface area contributed by atoms with Gasteiger partial charge in [0, 0.05) is 7.05 Å². The number of nitrogens with one attached hydrogen (secondary N) is 2. The van der Waals surface area contributed by atoms with Gasteiger partial charge in [-0.25, -0.2) is 4.39 Å². The summed E-state index contributed by atoms with van der Waals surface area (Å²) in [5.74, 6) is 0.291. The van der Waals surface area contributed by atoms with Crippen LogP contribution in [-0.2, 0) is 6.54 Å². The average Bonchev–Trinajstić information content (AvgIpc) is 3.07. The number of rotatable bonds is 6. The van der Waals surface area contributed by atoms with Crippen molar-refractivity contribution in [1.29, 1.82) is 0 Å². The number of primary amides is 1. The third-order valence-corrected chi connectivity index (χ3v) is 3.59. The van der Waals surface area contributed by atoms with E-state index in [0.29, 0.717) is 18.3 Å². The molecule has 1 heterocycles. The first-order chi connectivity index (χ1) is 11.9. The standard InChI is InChI=1S/C17H21FN4O3.HI/c1-10(11-4-6-14(24-3)13(18)8-11)22-17(20-2)21-9-12-5-7-15(25-12)16(19)23;/h4-8,10H,9H2,1-3H3,(H2,19,23)(H2,20,21,22);1H. The summed E-state index contributed by atoms with van der Waals surface area (Å²) in [4.78, 5) is 15.1. The predicted octanol–water partition coefficient (Wildman–Crippen LogP) is 2.57. The van der Waals surface area contributed by atoms with Crippen molar-refractivity contribution in [2.45, 2.75) is 19.5 Å². The Morgan fingerprint density at radius 3 is 2.65 bits per heavy atom. The van der Waals surface area contributed by atoms with E-state index in [2.05, 4.69) is 15.6 Å². The van der Waals surface area contributed by atoms with E-state index in [-0.39, 0.29) is 41.5 Å². The Labute approximate surface area is 168 Å². The molecule has 4 N–H and O–H groups in total. The van der Waals surface area contributed by atoms with E-state index in [0.717, 1.165) is 5.56 Å². The number of carbonyl (C=O) groups excluding carboxylic acids is 1. The molecule has 0 saturated carbocycles. The number of nitrogens with zero attached hydrogens (tertiary/aromatic N) is 1. The van der Waals surface area contributed by atoms with Crippen LogP contribution in [0.2, 0.25) is 0 Å². The maximum atomic E-state index is 13.8. The van der Waals surface area contributed by atoms with Gasteiger partial charge in [0.05, 0.1) is 19.7 Å². The molecule has 0 aliphatic heterocycles. The molecule has 1 amide bonds. The van der Waals surface area contributed by atoms with Crippen molar-refractivity contribution < 1.29 is 18.3 Å². The van der Waals surface area contributed by atoms with Crippen molar-refractivity contribution in [2.75, 3.05) is 14.2 Å². The van der Waals surface area contributed by atoms with E-state index in [4.69, 9.17) is 14.9 Å². The second-order valence-electron chi connectivity index (χ2n) is 5.32. The van der Waals surface area contributed by atoms with E-state index in [1.54, 1.807) is 25.2 Å². The molecule has 1 aromatic carbocycles. The molecule has 0 saturated heterocycles. The molecule has 1 unspecified atom stereocenters. The molecular formula is C17H22FIN4O3. The average molecular weight is 476 g/mol. The van der Waals surface area contributed by atoms with Crippen LogP contribution in [0.1, 0.15) is 34.8 Å². The number of benzene rings is 1. The van der Waals surface area contributed by atoms with Crippen molar-refractivity contribution >= 4 is 35.8 Å². The van der Waals surface area contributed by atoms with Crippen LogP contribution in [0.3, 0.4) is 0 Å². The summed E-state index contributed by atoms with van der Waals surface area (Å²) in [5.41, 5.74) is 5.89. The topological polar surface area (TPSA) is 102 Å². The van der Waals surface area contributed by atoms with Crippen LogP contribution in [0.4, 0.5) is 4.39 Å². The maximum Gasteiger partial charge on any atom is 0.284 e. The molecule has 142 valence electrons. The van der Waals surface area contributed by atoms with Gasteiger partial charge in [0.2, 0.25) is 0 Å². The fourth-order valence-corrected chi connectivity index (χ4v) is 2.21. The van der Waals surface area contributed by atoms with Gasteiger partial charge in [-0.2, -0.15) is 0 Å². The molecule has 9 heteroatoms. The van der Waals surface area contributed by atoms with Crippen molar-refractivity contribution in [3.8, 4) is 5.75 Å². The van der Waals surface area contributed by atoms with Crippen LogP contribution >= 0.6 is 24.0 Å². The van der Waals surface area contributed by atoms with Gasteiger partial charge < -0.3 is 25.5 Å². The molecule has 2 rings (SSSR count). The zero-order chi connectivity index (χ0) is 18.4. The van der Waals surface area contributed by atoms with Crippen molar-refractivity contribution in [1.82, 2.24) is 10.6 Å². The van der Waals surface area contributed by atoms with Crippen LogP contribution in [0.25, 0.3) is 0 Å². The summed E-state index contributed by atoms with van der Waals surface area (Å²) in [5, 5.41) is 6.20. The van der Waals surface area contributed by atoms with E-state index < -0.39 is 11.7 Å². The fourth-order valence-electron chi connectivity index (χ4n) is 2.21. The number of halogens is 2. The Morgan fingerprint density at radius 2 is 2.12 bits per heavy atom. The number of amides is 1. The molecule has 1 atom stereocenters. The van der Waals surface area contributed by atoms with Crippen LogP contribution in [0.15, 0.2) is 39.7 Å². The number of hydrogen-bond acceptors (Lipinski definition) is 4. The summed E-state index contributed by atoms with van der Waals surface area (Å²) in [6.07, 6.45) is 0. The molecule has 0 fully saturated rings. The Bertz CT molecular complexity index is 779. The Morgan fingerprint density at radius 1 is 1.38 bits per heavy atom. The first-order valence-corrected chi connectivity index (χ1v) is 7.63. The molecule has 2 aromatic rings. The number of carbonyl (C=O) groups is 1. The minimum absolute atomic E-state index is 0. The maximum absolute atomic E-state index is 13.8. The van der Waals surface area contributed by atoms with E-state index >= 15 is 0 Å². The number of aliphatic imine (C=N–C) groups is 1. The molecule has 0 aliphatic rings. The van der Waals surface area contributed by atoms with Crippen molar-refractivity contribution in [3.63, 3.8) is 0 Å². The third-order valence-electron chi connectivity index (χ3n) is 3.59. The second kappa shape index (κ2) is 10.00. The smallest absolute Gasteiger partial charge is 0.284 e. The monoisotopic (exact) mass is 476 g/mol. The Hall–Kier alpha value is -2.30. The van der Waals surface area contributed by atoms with Gasteiger partial charge in [0.15, 0.2) is 23.3 Å². The second-order valence-corrected chi connectivity index (χ2v) is 5.32. The lowest BCUT2D eigenvalue weighted by molar-refractivity contribution is 0.0972. The highest BCUT2D eigenvalue weighted by atomic mass is 127. The number of methoxy groups -OCH3 is 1. The van der Waals surface area contributed by atoms with Crippen LogP contribution in [0, 0.1) is 5.82 Å². The quantitative estimate of drug-likeness (QED) is 0.338. The van der Waals surface area contributed by atoms with Crippen LogP contribution in [0.5, 0.6) is 5.75 Å². The van der Waals surface area contributed by atoms with Gasteiger partial charge in [-0.3, -0.25) is 9.79 Å². The van der Waals surface area contributed by atoms with Gasteiger partial charge >= 0.3 is 0 Å². The number of guanidine groups is 1. The van der Waals surface area contributed by atoms with E-state index in [9.17, 15) is 9.18 Å². The SMILES string of the molecule is CN=C(NCc1ccc(C(N)=O)o1)NC(C)c1ccc(OC)c(F)c1.I. The molecule has 0 spiro atoms. The van der Waals surface area contributed by atoms with Gasteiger partial charge in [-0.1, -0.05) is 6.07 Å². The lowest BCUT2D eigenvalue weighted by Crippen LogP contribution is -2.38. The summed E-state index contributed by atoms with van der Waals surface area (Å²) < 4.78 is 24.0. The number of ether oxygens (including phenoxy) is 1. The largest absolute Gasteiger partial charge is 0.494 e. The third kappa shape index (κ3) is 5.61. The predicted molar refractivity (Wildman–Crippen MR) is 107 cm³/mol. The molecule has 0 bridgehead atoms. The summed E-state index contributed by atoms with van der Waals surface area (Å²) >= 11 is 0. The van der Waals surface area contributed by atoms with Gasteiger partial charge in [0.25, 0.3) is 5.91 Å². The number of hydrogen-bond donors (Lipinski definition) is 3. The Kier molecular flexibility index (Phi) is 8.36. The molecule has 0 aliphatic carbocycles. The zero-order valence-corrected chi connectivity index (χ0v) is 17.0. The van der Waals surface area contributed by atoms with E-state index in [1.165, 1.54) is 19.2 Å². The first-order valence-electron chi connectivity index (χ1n) is 7.63. The zero-order valence-electron chi connectivity index (χ0n) is 14.7. The van der Waals surface area contributed by atoms with E-state index in [1.807, 2.05) is 6.92 Å². The highest BCUT2D eigenvalue weighted by Gasteiger charge is 2.12. The van der Waals surface area contributed by atoms with Crippen molar-refractivity contribution in [3.05, 3.63) is 53.2 Å². The Balaban J connectivity index is 0.00000338. The summed E-state index contributed by atoms with van der Waals surface area (Å²) in [7, 11) is 3.04. The lowest BCUT2D eigenvalue weighted by atomic mass is 10.1. The van der Waals surface area contributed by atoms with Crippen molar-refractivity contribution in [2.24, 2.45) is 10.7 Å². The highest BCUT2D eigenvalue weighted by Crippen LogP contribution is 2.21. The molecule has 26 heavy (non-hydrogen) atoms. The van der Waals surface area contributed by atoms with Gasteiger partial charge in [-0.15, -0.1) is 24.0 Å². The highest BCUT2D eigenvalue weighted by molar-refractivity contribution is 14.0. The van der Waals surface area contributed by atoms with Crippen LogP contribution < -0.4 is 21.1 Å². The lowest BCUT2D eigenvalue weighted by Gasteiger charge is -2.18. The minimum atomic E-state index is -0.621. The number of furan rings is 1.